The van der Waals surface area contributed by atoms with Crippen LogP contribution in [0.2, 0.25) is 0 Å². The summed E-state index contributed by atoms with van der Waals surface area (Å²) in [5.74, 6) is 1.36. The van der Waals surface area contributed by atoms with Crippen molar-refractivity contribution >= 4 is 27.8 Å². The molecule has 1 aromatic carbocycles. The number of aromatic nitrogens is 2. The number of aliphatic imine (C=N–C) groups is 1. The number of allylic oxidation sites excluding steroid dienone is 1. The number of amides is 1. The average molecular weight is 515 g/mol. The van der Waals surface area contributed by atoms with Crippen LogP contribution in [0.1, 0.15) is 5.82 Å². The standard InChI is InChI=1S/C24H30N6O5S/c1-36(32,33)19-5-3-18(4-6-19)23-24(30-8-2-7-25-15-20(30)27-23)26-16-21(31)29-11-9-28(10-12-29)17-22-34-13-14-35-22/h2-7,15,22,26H,8-14,16-17H2,1H3. The molecule has 0 bridgehead atoms. The van der Waals surface area contributed by atoms with E-state index in [1.807, 2.05) is 15.5 Å². The quantitative estimate of drug-likeness (QED) is 0.577. The maximum absolute atomic E-state index is 13.0. The molecule has 2 fully saturated rings. The second-order valence-electron chi connectivity index (χ2n) is 8.94. The summed E-state index contributed by atoms with van der Waals surface area (Å²) in [6, 6.07) is 6.60. The first-order valence-electron chi connectivity index (χ1n) is 11.9. The van der Waals surface area contributed by atoms with E-state index in [1.54, 1.807) is 36.7 Å². The van der Waals surface area contributed by atoms with E-state index in [4.69, 9.17) is 14.5 Å². The number of sulfone groups is 1. The van der Waals surface area contributed by atoms with Crippen LogP contribution in [0.4, 0.5) is 5.82 Å². The van der Waals surface area contributed by atoms with Crippen LogP contribution in [0.25, 0.3) is 11.3 Å². The highest BCUT2D eigenvalue weighted by Crippen LogP contribution is 2.30. The monoisotopic (exact) mass is 514 g/mol. The van der Waals surface area contributed by atoms with Gasteiger partial charge in [0.25, 0.3) is 0 Å². The zero-order valence-corrected chi connectivity index (χ0v) is 21.0. The van der Waals surface area contributed by atoms with Gasteiger partial charge in [0.2, 0.25) is 5.91 Å². The van der Waals surface area contributed by atoms with Crippen molar-refractivity contribution in [2.75, 3.05) is 64.1 Å². The van der Waals surface area contributed by atoms with Crippen molar-refractivity contribution in [1.82, 2.24) is 19.4 Å². The third kappa shape index (κ3) is 5.51. The molecule has 0 atom stereocenters. The molecule has 0 radical (unpaired) electrons. The van der Waals surface area contributed by atoms with Gasteiger partial charge < -0.3 is 24.3 Å². The van der Waals surface area contributed by atoms with E-state index >= 15 is 0 Å². The number of benzene rings is 1. The largest absolute Gasteiger partial charge is 0.361 e. The molecule has 3 aliphatic heterocycles. The zero-order chi connectivity index (χ0) is 25.1. The first kappa shape index (κ1) is 24.6. The van der Waals surface area contributed by atoms with Crippen LogP contribution in [0.3, 0.4) is 0 Å². The summed E-state index contributed by atoms with van der Waals surface area (Å²) in [6.45, 7) is 5.50. The Morgan fingerprint density at radius 1 is 1.11 bits per heavy atom. The summed E-state index contributed by atoms with van der Waals surface area (Å²) in [5.41, 5.74) is 1.39. The molecule has 36 heavy (non-hydrogen) atoms. The van der Waals surface area contributed by atoms with E-state index in [-0.39, 0.29) is 23.6 Å². The summed E-state index contributed by atoms with van der Waals surface area (Å²) in [6.07, 6.45) is 6.30. The predicted molar refractivity (Wildman–Crippen MR) is 135 cm³/mol. The van der Waals surface area contributed by atoms with Crippen LogP contribution in [-0.4, -0.2) is 105 Å². The van der Waals surface area contributed by atoms with Gasteiger partial charge in [-0.2, -0.15) is 0 Å². The Morgan fingerprint density at radius 3 is 2.53 bits per heavy atom. The Kier molecular flexibility index (Phi) is 7.19. The van der Waals surface area contributed by atoms with Crippen LogP contribution < -0.4 is 5.32 Å². The number of nitrogens with one attached hydrogen (secondary N) is 1. The summed E-state index contributed by atoms with van der Waals surface area (Å²) < 4.78 is 36.7. The van der Waals surface area contributed by atoms with Crippen LogP contribution >= 0.6 is 0 Å². The number of piperazine rings is 1. The van der Waals surface area contributed by atoms with Crippen molar-refractivity contribution in [3.05, 3.63) is 42.4 Å². The van der Waals surface area contributed by atoms with Crippen molar-refractivity contribution < 1.29 is 22.7 Å². The number of hydrogen-bond donors (Lipinski definition) is 1. The minimum atomic E-state index is -3.30. The lowest BCUT2D eigenvalue weighted by atomic mass is 10.1. The summed E-state index contributed by atoms with van der Waals surface area (Å²) in [7, 11) is -3.30. The summed E-state index contributed by atoms with van der Waals surface area (Å²) >= 11 is 0. The highest BCUT2D eigenvalue weighted by molar-refractivity contribution is 7.90. The van der Waals surface area contributed by atoms with E-state index < -0.39 is 9.84 Å². The number of imidazole rings is 1. The molecule has 5 rings (SSSR count). The molecule has 4 heterocycles. The van der Waals surface area contributed by atoms with Crippen molar-refractivity contribution in [2.24, 2.45) is 4.99 Å². The van der Waals surface area contributed by atoms with Crippen LogP contribution in [0.5, 0.6) is 0 Å². The lowest BCUT2D eigenvalue weighted by Gasteiger charge is -2.35. The molecule has 0 saturated carbocycles. The van der Waals surface area contributed by atoms with E-state index in [0.29, 0.717) is 50.2 Å². The van der Waals surface area contributed by atoms with Gasteiger partial charge >= 0.3 is 0 Å². The highest BCUT2D eigenvalue weighted by atomic mass is 32.2. The second kappa shape index (κ2) is 10.5. The Hall–Kier alpha value is -3.06. The molecule has 0 aliphatic carbocycles. The minimum absolute atomic E-state index is 0.00905. The van der Waals surface area contributed by atoms with Crippen molar-refractivity contribution in [3.8, 4) is 11.3 Å². The van der Waals surface area contributed by atoms with Crippen LogP contribution in [0.15, 0.2) is 46.4 Å². The zero-order valence-electron chi connectivity index (χ0n) is 20.2. The van der Waals surface area contributed by atoms with Gasteiger partial charge in [-0.3, -0.25) is 14.7 Å². The molecule has 12 heteroatoms. The number of nitrogens with zero attached hydrogens (tertiary/aromatic N) is 5. The molecule has 2 saturated heterocycles. The lowest BCUT2D eigenvalue weighted by molar-refractivity contribution is -0.131. The fraction of sp³-hybridized carbons (Fsp3) is 0.458. The van der Waals surface area contributed by atoms with Crippen LogP contribution in [0, 0.1) is 0 Å². The number of fused-ring (bicyclic) bond motifs is 1. The lowest BCUT2D eigenvalue weighted by Crippen LogP contribution is -2.51. The first-order valence-corrected chi connectivity index (χ1v) is 13.8. The van der Waals surface area contributed by atoms with Gasteiger partial charge in [-0.1, -0.05) is 12.1 Å². The minimum Gasteiger partial charge on any atom is -0.361 e. The van der Waals surface area contributed by atoms with E-state index in [2.05, 4.69) is 15.2 Å². The van der Waals surface area contributed by atoms with E-state index in [9.17, 15) is 13.2 Å². The summed E-state index contributed by atoms with van der Waals surface area (Å²) in [5, 5.41) is 3.30. The third-order valence-corrected chi connectivity index (χ3v) is 7.58. The molecular weight excluding hydrogens is 484 g/mol. The summed E-state index contributed by atoms with van der Waals surface area (Å²) in [4.78, 5) is 26.4. The number of hydrogen-bond acceptors (Lipinski definition) is 9. The predicted octanol–water partition coefficient (Wildman–Crippen LogP) is 0.829. The maximum atomic E-state index is 13.0. The molecular formula is C24H30N6O5S. The van der Waals surface area contributed by atoms with Gasteiger partial charge in [-0.25, -0.2) is 13.4 Å². The fourth-order valence-electron chi connectivity index (χ4n) is 4.49. The number of carbonyl (C=O) groups excluding carboxylic acids is 1. The molecule has 11 nitrogen and oxygen atoms in total. The Labute approximate surface area is 210 Å². The highest BCUT2D eigenvalue weighted by Gasteiger charge is 2.26. The molecule has 0 unspecified atom stereocenters. The first-order chi connectivity index (χ1) is 17.4. The molecule has 1 N–H and O–H groups in total. The van der Waals surface area contributed by atoms with Gasteiger partial charge in [0.15, 0.2) is 22.0 Å². The molecule has 1 amide bonds. The SMILES string of the molecule is CS(=O)(=O)c1ccc(-c2nc3n(c2NCC(=O)N2CCN(CC4OCCO4)CC2)CC=CN=C3)cc1. The van der Waals surface area contributed by atoms with Crippen molar-refractivity contribution in [2.45, 2.75) is 17.7 Å². The molecule has 192 valence electrons. The Balaban J connectivity index is 1.28. The third-order valence-electron chi connectivity index (χ3n) is 6.45. The topological polar surface area (TPSA) is 118 Å². The average Bonchev–Trinajstić information content (AvgIpc) is 3.44. The van der Waals surface area contributed by atoms with Crippen LogP contribution in [-0.2, 0) is 30.7 Å². The maximum Gasteiger partial charge on any atom is 0.242 e. The number of anilines is 1. The molecule has 2 aromatic rings. The van der Waals surface area contributed by atoms with Crippen molar-refractivity contribution in [1.29, 1.82) is 0 Å². The molecule has 0 spiro atoms. The molecule has 3 aliphatic rings. The van der Waals surface area contributed by atoms with Gasteiger partial charge in [0.1, 0.15) is 11.5 Å². The van der Waals surface area contributed by atoms with E-state index in [1.165, 1.54) is 6.26 Å². The van der Waals surface area contributed by atoms with Gasteiger partial charge in [-0.05, 0) is 18.2 Å². The number of rotatable bonds is 7. The van der Waals surface area contributed by atoms with Gasteiger partial charge in [-0.15, -0.1) is 0 Å². The second-order valence-corrected chi connectivity index (χ2v) is 11.0. The van der Waals surface area contributed by atoms with Gasteiger partial charge in [0, 0.05) is 57.3 Å². The van der Waals surface area contributed by atoms with E-state index in [0.717, 1.165) is 25.2 Å². The molecule has 1 aromatic heterocycles. The van der Waals surface area contributed by atoms with Gasteiger partial charge in [0.05, 0.1) is 30.9 Å². The Bertz CT molecular complexity index is 1260. The number of ether oxygens (including phenoxy) is 2. The fourth-order valence-corrected chi connectivity index (χ4v) is 5.12. The van der Waals surface area contributed by atoms with Crippen molar-refractivity contribution in [3.63, 3.8) is 0 Å². The number of carbonyl (C=O) groups is 1. The smallest absolute Gasteiger partial charge is 0.242 e. The normalized spacial score (nSPS) is 18.9. The Morgan fingerprint density at radius 2 is 1.83 bits per heavy atom.